The summed E-state index contributed by atoms with van der Waals surface area (Å²) in [6.45, 7) is 3.26. The van der Waals surface area contributed by atoms with Crippen molar-refractivity contribution in [1.29, 1.82) is 0 Å². The van der Waals surface area contributed by atoms with Crippen LogP contribution in [0.15, 0.2) is 18.2 Å². The van der Waals surface area contributed by atoms with E-state index in [9.17, 15) is 0 Å². The van der Waals surface area contributed by atoms with E-state index >= 15 is 0 Å². The van der Waals surface area contributed by atoms with Gasteiger partial charge in [-0.25, -0.2) is 0 Å². The molecule has 3 heteroatoms. The summed E-state index contributed by atoms with van der Waals surface area (Å²) in [6.07, 6.45) is 3.72. The van der Waals surface area contributed by atoms with Crippen LogP contribution in [0.3, 0.4) is 0 Å². The number of anilines is 1. The molecule has 0 bridgehead atoms. The van der Waals surface area contributed by atoms with Gasteiger partial charge in [0.2, 0.25) is 0 Å². The zero-order valence-corrected chi connectivity index (χ0v) is 11.5. The Kier molecular flexibility index (Phi) is 6.00. The molecule has 1 nitrogen and oxygen atoms in total. The molecular formula is C13H19Cl2N. The monoisotopic (exact) mass is 259 g/mol. The van der Waals surface area contributed by atoms with E-state index in [2.05, 4.69) is 18.9 Å². The Morgan fingerprint density at radius 2 is 2.00 bits per heavy atom. The Morgan fingerprint density at radius 1 is 1.25 bits per heavy atom. The first-order chi connectivity index (χ1) is 7.69. The zero-order chi connectivity index (χ0) is 12.0. The fraction of sp³-hybridized carbons (Fsp3) is 0.538. The molecule has 0 radical (unpaired) electrons. The quantitative estimate of drug-likeness (QED) is 0.529. The van der Waals surface area contributed by atoms with Gasteiger partial charge >= 0.3 is 0 Å². The molecule has 0 aliphatic rings. The largest absolute Gasteiger partial charge is 0.373 e. The molecule has 1 aromatic rings. The van der Waals surface area contributed by atoms with Gasteiger partial charge in [-0.15, -0.1) is 11.6 Å². The summed E-state index contributed by atoms with van der Waals surface area (Å²) >= 11 is 12.0. The highest BCUT2D eigenvalue weighted by Crippen LogP contribution is 2.26. The van der Waals surface area contributed by atoms with Crippen molar-refractivity contribution >= 4 is 28.9 Å². The summed E-state index contributed by atoms with van der Waals surface area (Å²) < 4.78 is 0. The Hall–Kier alpha value is -0.400. The summed E-state index contributed by atoms with van der Waals surface area (Å²) in [4.78, 5) is 2.20. The SMILES string of the molecule is CCCCCN(C)c1ccc(CCl)cc1Cl. The van der Waals surface area contributed by atoms with Crippen molar-refractivity contribution in [1.82, 2.24) is 0 Å². The standard InChI is InChI=1S/C13H19Cl2N/c1-3-4-5-8-16(2)13-7-6-11(10-14)9-12(13)15/h6-7,9H,3-5,8,10H2,1-2H3. The maximum absolute atomic E-state index is 6.22. The highest BCUT2D eigenvalue weighted by atomic mass is 35.5. The van der Waals surface area contributed by atoms with Gasteiger partial charge in [-0.3, -0.25) is 0 Å². The molecule has 0 fully saturated rings. The number of nitrogens with zero attached hydrogens (tertiary/aromatic N) is 1. The first kappa shape index (κ1) is 13.7. The van der Waals surface area contributed by atoms with Crippen molar-refractivity contribution in [2.75, 3.05) is 18.5 Å². The van der Waals surface area contributed by atoms with E-state index in [-0.39, 0.29) is 0 Å². The van der Waals surface area contributed by atoms with Gasteiger partial charge in [0.15, 0.2) is 0 Å². The summed E-state index contributed by atoms with van der Waals surface area (Å²) in [5.74, 6) is 0.513. The van der Waals surface area contributed by atoms with E-state index in [1.54, 1.807) is 0 Å². The van der Waals surface area contributed by atoms with E-state index in [4.69, 9.17) is 23.2 Å². The number of hydrogen-bond donors (Lipinski definition) is 0. The molecule has 90 valence electrons. The van der Waals surface area contributed by atoms with Crippen LogP contribution in [0.1, 0.15) is 31.7 Å². The lowest BCUT2D eigenvalue weighted by atomic mass is 10.2. The van der Waals surface area contributed by atoms with E-state index in [0.717, 1.165) is 22.8 Å². The second-order valence-corrected chi connectivity index (χ2v) is 4.72. The van der Waals surface area contributed by atoms with E-state index in [1.165, 1.54) is 19.3 Å². The van der Waals surface area contributed by atoms with Gasteiger partial charge in [0.25, 0.3) is 0 Å². The second-order valence-electron chi connectivity index (χ2n) is 4.05. The van der Waals surface area contributed by atoms with Crippen molar-refractivity contribution in [3.05, 3.63) is 28.8 Å². The van der Waals surface area contributed by atoms with Crippen molar-refractivity contribution in [3.63, 3.8) is 0 Å². The molecule has 0 aromatic heterocycles. The first-order valence-corrected chi connectivity index (χ1v) is 6.65. The van der Waals surface area contributed by atoms with Gasteiger partial charge in [-0.2, -0.15) is 0 Å². The van der Waals surface area contributed by atoms with Gasteiger partial charge in [0.05, 0.1) is 10.7 Å². The van der Waals surface area contributed by atoms with Crippen LogP contribution in [-0.2, 0) is 5.88 Å². The number of hydrogen-bond acceptors (Lipinski definition) is 1. The lowest BCUT2D eigenvalue weighted by Gasteiger charge is -2.20. The second kappa shape index (κ2) is 7.03. The Bertz CT molecular complexity index is 326. The maximum Gasteiger partial charge on any atom is 0.0642 e. The van der Waals surface area contributed by atoms with Crippen molar-refractivity contribution < 1.29 is 0 Å². The van der Waals surface area contributed by atoms with Crippen LogP contribution >= 0.6 is 23.2 Å². The molecule has 0 saturated carbocycles. The normalized spacial score (nSPS) is 10.5. The minimum atomic E-state index is 0.513. The number of benzene rings is 1. The molecule has 0 spiro atoms. The average Bonchev–Trinajstić information content (AvgIpc) is 2.29. The summed E-state index contributed by atoms with van der Waals surface area (Å²) in [5.41, 5.74) is 2.16. The van der Waals surface area contributed by atoms with Crippen molar-refractivity contribution in [3.8, 4) is 0 Å². The molecule has 0 aliphatic carbocycles. The lowest BCUT2D eigenvalue weighted by Crippen LogP contribution is -2.18. The Labute approximate surface area is 108 Å². The molecule has 16 heavy (non-hydrogen) atoms. The topological polar surface area (TPSA) is 3.24 Å². The fourth-order valence-electron chi connectivity index (χ4n) is 1.66. The van der Waals surface area contributed by atoms with Gasteiger partial charge in [0.1, 0.15) is 0 Å². The Balaban J connectivity index is 2.64. The zero-order valence-electron chi connectivity index (χ0n) is 9.97. The smallest absolute Gasteiger partial charge is 0.0642 e. The predicted molar refractivity (Wildman–Crippen MR) is 73.8 cm³/mol. The van der Waals surface area contributed by atoms with Crippen LogP contribution in [-0.4, -0.2) is 13.6 Å². The third-order valence-electron chi connectivity index (χ3n) is 2.67. The van der Waals surface area contributed by atoms with Crippen molar-refractivity contribution in [2.24, 2.45) is 0 Å². The van der Waals surface area contributed by atoms with Crippen LogP contribution in [0.4, 0.5) is 5.69 Å². The van der Waals surface area contributed by atoms with Gasteiger partial charge in [0, 0.05) is 19.5 Å². The van der Waals surface area contributed by atoms with Crippen molar-refractivity contribution in [2.45, 2.75) is 32.1 Å². The van der Waals surface area contributed by atoms with Crippen LogP contribution in [0, 0.1) is 0 Å². The third kappa shape index (κ3) is 3.88. The Morgan fingerprint density at radius 3 is 2.56 bits per heavy atom. The van der Waals surface area contributed by atoms with Crippen LogP contribution < -0.4 is 4.90 Å². The maximum atomic E-state index is 6.22. The molecule has 0 saturated heterocycles. The molecule has 1 rings (SSSR count). The van der Waals surface area contributed by atoms with E-state index in [1.807, 2.05) is 18.2 Å². The van der Waals surface area contributed by atoms with Crippen LogP contribution in [0.5, 0.6) is 0 Å². The molecule has 0 atom stereocenters. The molecule has 1 aromatic carbocycles. The minimum Gasteiger partial charge on any atom is -0.373 e. The molecular weight excluding hydrogens is 241 g/mol. The number of halogens is 2. The summed E-state index contributed by atoms with van der Waals surface area (Å²) in [6, 6.07) is 6.02. The van der Waals surface area contributed by atoms with E-state index < -0.39 is 0 Å². The number of rotatable bonds is 6. The van der Waals surface area contributed by atoms with Crippen LogP contribution in [0.25, 0.3) is 0 Å². The molecule has 0 N–H and O–H groups in total. The van der Waals surface area contributed by atoms with Crippen LogP contribution in [0.2, 0.25) is 5.02 Å². The minimum absolute atomic E-state index is 0.513. The summed E-state index contributed by atoms with van der Waals surface area (Å²) in [5, 5.41) is 0.789. The molecule has 0 amide bonds. The van der Waals surface area contributed by atoms with Gasteiger partial charge < -0.3 is 4.90 Å². The van der Waals surface area contributed by atoms with Gasteiger partial charge in [-0.05, 0) is 24.1 Å². The molecule has 0 aliphatic heterocycles. The highest BCUT2D eigenvalue weighted by molar-refractivity contribution is 6.33. The average molecular weight is 260 g/mol. The first-order valence-electron chi connectivity index (χ1n) is 5.74. The van der Waals surface area contributed by atoms with Gasteiger partial charge in [-0.1, -0.05) is 37.4 Å². The molecule has 0 heterocycles. The predicted octanol–water partition coefficient (Wildman–Crippen LogP) is 4.71. The highest BCUT2D eigenvalue weighted by Gasteiger charge is 2.06. The lowest BCUT2D eigenvalue weighted by molar-refractivity contribution is 0.705. The van der Waals surface area contributed by atoms with E-state index in [0.29, 0.717) is 5.88 Å². The summed E-state index contributed by atoms with van der Waals surface area (Å²) in [7, 11) is 2.08. The third-order valence-corrected chi connectivity index (χ3v) is 3.29. The number of unbranched alkanes of at least 4 members (excludes halogenated alkanes) is 2. The number of alkyl halides is 1. The molecule has 0 unspecified atom stereocenters. The fourth-order valence-corrected chi connectivity index (χ4v) is 2.18.